The zero-order chi connectivity index (χ0) is 7.84. The summed E-state index contributed by atoms with van der Waals surface area (Å²) in [7, 11) is 0. The van der Waals surface area contributed by atoms with E-state index >= 15 is 0 Å². The fourth-order valence-corrected chi connectivity index (χ4v) is 1.29. The number of allylic oxidation sites excluding steroid dienone is 1. The Morgan fingerprint density at radius 2 is 2.27 bits per heavy atom. The summed E-state index contributed by atoms with van der Waals surface area (Å²) < 4.78 is 1.64. The van der Waals surface area contributed by atoms with Crippen molar-refractivity contribution in [3.05, 3.63) is 42.2 Å². The van der Waals surface area contributed by atoms with Crippen molar-refractivity contribution in [2.75, 3.05) is 0 Å². The van der Waals surface area contributed by atoms with Crippen LogP contribution < -0.4 is 4.57 Å². The Morgan fingerprint density at radius 3 is 3.00 bits per heavy atom. The van der Waals surface area contributed by atoms with Crippen LogP contribution in [0.1, 0.15) is 10.5 Å². The van der Waals surface area contributed by atoms with Crippen molar-refractivity contribution in [2.24, 2.45) is 0 Å². The molecule has 54 valence electrons. The fourth-order valence-electron chi connectivity index (χ4n) is 1.29. The molecule has 0 saturated heterocycles. The first kappa shape index (κ1) is 6.28. The molecule has 2 nitrogen and oxygen atoms in total. The third kappa shape index (κ3) is 0.792. The molecule has 1 aliphatic heterocycles. The van der Waals surface area contributed by atoms with Crippen molar-refractivity contribution in [2.45, 2.75) is 6.42 Å². The second-order valence-corrected chi connectivity index (χ2v) is 2.65. The SMILES string of the molecule is C=C1Cc2cccc[n+]2C1=O. The van der Waals surface area contributed by atoms with Crippen LogP contribution in [0.4, 0.5) is 0 Å². The van der Waals surface area contributed by atoms with Gasteiger partial charge in [0.25, 0.3) is 0 Å². The van der Waals surface area contributed by atoms with Crippen LogP contribution in [0.15, 0.2) is 36.5 Å². The molecule has 2 rings (SSSR count). The van der Waals surface area contributed by atoms with Crippen LogP contribution in [0.5, 0.6) is 0 Å². The number of rotatable bonds is 0. The van der Waals surface area contributed by atoms with Gasteiger partial charge in [0.2, 0.25) is 0 Å². The molecule has 1 aromatic rings. The highest BCUT2D eigenvalue weighted by atomic mass is 16.2. The van der Waals surface area contributed by atoms with E-state index in [1.165, 1.54) is 0 Å². The zero-order valence-electron chi connectivity index (χ0n) is 6.08. The van der Waals surface area contributed by atoms with Crippen molar-refractivity contribution in [1.29, 1.82) is 0 Å². The van der Waals surface area contributed by atoms with Crippen molar-refractivity contribution in [3.63, 3.8) is 0 Å². The first-order chi connectivity index (χ1) is 5.29. The van der Waals surface area contributed by atoms with Crippen molar-refractivity contribution in [3.8, 4) is 0 Å². The number of carbonyl (C=O) groups is 1. The molecule has 0 unspecified atom stereocenters. The molecule has 11 heavy (non-hydrogen) atoms. The maximum absolute atomic E-state index is 11.3. The van der Waals surface area contributed by atoms with Gasteiger partial charge >= 0.3 is 5.91 Å². The highest BCUT2D eigenvalue weighted by Gasteiger charge is 2.31. The molecule has 0 saturated carbocycles. The summed E-state index contributed by atoms with van der Waals surface area (Å²) in [5, 5.41) is 0. The number of pyridine rings is 1. The quantitative estimate of drug-likeness (QED) is 0.390. The van der Waals surface area contributed by atoms with E-state index in [1.54, 1.807) is 10.8 Å². The Morgan fingerprint density at radius 1 is 1.45 bits per heavy atom. The number of hydrogen-bond donors (Lipinski definition) is 0. The molecule has 0 aliphatic carbocycles. The Kier molecular flexibility index (Phi) is 1.15. The van der Waals surface area contributed by atoms with Gasteiger partial charge in [-0.3, -0.25) is 0 Å². The average Bonchev–Trinajstić information content (AvgIpc) is 2.30. The molecule has 0 spiro atoms. The molecule has 2 heterocycles. The summed E-state index contributed by atoms with van der Waals surface area (Å²) in [6.45, 7) is 3.68. The van der Waals surface area contributed by atoms with Crippen LogP contribution in [0, 0.1) is 0 Å². The van der Waals surface area contributed by atoms with Crippen LogP contribution in [0.3, 0.4) is 0 Å². The lowest BCUT2D eigenvalue weighted by Gasteiger charge is -1.84. The van der Waals surface area contributed by atoms with E-state index in [4.69, 9.17) is 0 Å². The predicted molar refractivity (Wildman–Crippen MR) is 40.1 cm³/mol. The van der Waals surface area contributed by atoms with Gasteiger partial charge in [-0.2, -0.15) is 0 Å². The van der Waals surface area contributed by atoms with Crippen molar-refractivity contribution >= 4 is 5.91 Å². The number of carbonyl (C=O) groups excluding carboxylic acids is 1. The lowest BCUT2D eigenvalue weighted by Crippen LogP contribution is -2.39. The first-order valence-electron chi connectivity index (χ1n) is 3.51. The van der Waals surface area contributed by atoms with Gasteiger partial charge < -0.3 is 0 Å². The highest BCUT2D eigenvalue weighted by Crippen LogP contribution is 2.08. The number of aromatic nitrogens is 1. The van der Waals surface area contributed by atoms with Gasteiger partial charge in [0.1, 0.15) is 0 Å². The Labute approximate surface area is 64.8 Å². The third-order valence-corrected chi connectivity index (χ3v) is 1.86. The molecule has 0 atom stereocenters. The van der Waals surface area contributed by atoms with Crippen LogP contribution in [-0.4, -0.2) is 5.91 Å². The van der Waals surface area contributed by atoms with E-state index in [0.717, 1.165) is 5.69 Å². The monoisotopic (exact) mass is 146 g/mol. The van der Waals surface area contributed by atoms with Crippen molar-refractivity contribution < 1.29 is 9.36 Å². The Balaban J connectivity index is 2.64. The maximum Gasteiger partial charge on any atom is 0.420 e. The van der Waals surface area contributed by atoms with Gasteiger partial charge in [-0.15, -0.1) is 4.57 Å². The zero-order valence-corrected chi connectivity index (χ0v) is 6.08. The van der Waals surface area contributed by atoms with Gasteiger partial charge in [0.05, 0.1) is 12.0 Å². The van der Waals surface area contributed by atoms with Crippen LogP contribution in [0.25, 0.3) is 0 Å². The van der Waals surface area contributed by atoms with Gasteiger partial charge in [0, 0.05) is 12.1 Å². The number of nitrogens with zero attached hydrogens (tertiary/aromatic N) is 1. The average molecular weight is 146 g/mol. The normalized spacial score (nSPS) is 15.3. The molecule has 1 aliphatic rings. The lowest BCUT2D eigenvalue weighted by molar-refractivity contribution is -0.571. The maximum atomic E-state index is 11.3. The van der Waals surface area contributed by atoms with E-state index in [9.17, 15) is 4.79 Å². The minimum Gasteiger partial charge on any atom is -0.214 e. The minimum absolute atomic E-state index is 0.0283. The van der Waals surface area contributed by atoms with E-state index in [-0.39, 0.29) is 5.91 Å². The second-order valence-electron chi connectivity index (χ2n) is 2.65. The minimum atomic E-state index is 0.0283. The molecule has 2 heteroatoms. The standard InChI is InChI=1S/C9H8NO/c1-7-6-8-4-2-3-5-10(8)9(7)11/h2-5H,1,6H2/q+1. The molecule has 0 bridgehead atoms. The fraction of sp³-hybridized carbons (Fsp3) is 0.111. The van der Waals surface area contributed by atoms with Gasteiger partial charge in [-0.05, 0) is 0 Å². The lowest BCUT2D eigenvalue weighted by atomic mass is 10.2. The molecule has 0 fully saturated rings. The topological polar surface area (TPSA) is 20.9 Å². The van der Waals surface area contributed by atoms with Gasteiger partial charge in [-0.25, -0.2) is 4.79 Å². The number of hydrogen-bond acceptors (Lipinski definition) is 1. The largest absolute Gasteiger partial charge is 0.420 e. The van der Waals surface area contributed by atoms with Crippen molar-refractivity contribution in [1.82, 2.24) is 0 Å². The summed E-state index contributed by atoms with van der Waals surface area (Å²) >= 11 is 0. The molecule has 0 amide bonds. The highest BCUT2D eigenvalue weighted by molar-refractivity contribution is 5.88. The van der Waals surface area contributed by atoms with Crippen LogP contribution >= 0.6 is 0 Å². The summed E-state index contributed by atoms with van der Waals surface area (Å²) in [6, 6.07) is 5.72. The molecular formula is C9H8NO+. The van der Waals surface area contributed by atoms with E-state index < -0.39 is 0 Å². The number of fused-ring (bicyclic) bond motifs is 1. The van der Waals surface area contributed by atoms with E-state index in [0.29, 0.717) is 12.0 Å². The van der Waals surface area contributed by atoms with E-state index in [2.05, 4.69) is 6.58 Å². The first-order valence-corrected chi connectivity index (χ1v) is 3.51. The van der Waals surface area contributed by atoms with Gasteiger partial charge in [0.15, 0.2) is 11.9 Å². The van der Waals surface area contributed by atoms with Crippen LogP contribution in [0.2, 0.25) is 0 Å². The Hall–Kier alpha value is -1.44. The molecular weight excluding hydrogens is 138 g/mol. The Bertz CT molecular complexity index is 341. The summed E-state index contributed by atoms with van der Waals surface area (Å²) in [5.74, 6) is 0.0283. The third-order valence-electron chi connectivity index (χ3n) is 1.86. The van der Waals surface area contributed by atoms with Gasteiger partial charge in [-0.1, -0.05) is 12.6 Å². The molecule has 0 aromatic carbocycles. The summed E-state index contributed by atoms with van der Waals surface area (Å²) in [5.41, 5.74) is 1.71. The summed E-state index contributed by atoms with van der Waals surface area (Å²) in [6.07, 6.45) is 2.47. The molecule has 0 radical (unpaired) electrons. The van der Waals surface area contributed by atoms with E-state index in [1.807, 2.05) is 18.2 Å². The molecule has 1 aromatic heterocycles. The second kappa shape index (κ2) is 2.02. The smallest absolute Gasteiger partial charge is 0.214 e. The molecule has 0 N–H and O–H groups in total. The summed E-state index contributed by atoms with van der Waals surface area (Å²) in [4.78, 5) is 11.3. The van der Waals surface area contributed by atoms with Crippen LogP contribution in [-0.2, 0) is 6.42 Å². The predicted octanol–water partition coefficient (Wildman–Crippen LogP) is 0.727.